The molecule has 2 aromatic carbocycles. The SMILES string of the molecule is CCCCC(NC(C)=O)C(=O)N[C@H]1CC(=O)NCCCC[C@@H](C(N)=O)NC(=O)[C@H](C)NC(=O)[C@@H](Cc2c[nH]c3ccccc23)NC(=O)[C@H](CCCN=C(N)N)NC(=O)[C@@H](Cc2ccccc2)NC(=O)[C@H](Cc2cnc[nH]2)NC1=O. The Morgan fingerprint density at radius 3 is 2.05 bits per heavy atom. The number of nitrogens with zero attached hydrogens (tertiary/aromatic N) is 2. The van der Waals surface area contributed by atoms with Crippen LogP contribution in [0.15, 0.2) is 78.3 Å². The van der Waals surface area contributed by atoms with Crippen molar-refractivity contribution in [3.63, 3.8) is 0 Å². The Kier molecular flexibility index (Phi) is 23.8. The van der Waals surface area contributed by atoms with Crippen molar-refractivity contribution in [1.82, 2.24) is 62.8 Å². The first-order chi connectivity index (χ1) is 37.8. The number of imidazole rings is 1. The third-order valence-corrected chi connectivity index (χ3v) is 13.1. The van der Waals surface area contributed by atoms with E-state index in [1.54, 1.807) is 42.6 Å². The van der Waals surface area contributed by atoms with Crippen molar-refractivity contribution in [3.8, 4) is 0 Å². The number of aliphatic imine (C=N–C) groups is 1. The van der Waals surface area contributed by atoms with E-state index in [-0.39, 0.29) is 76.8 Å². The van der Waals surface area contributed by atoms with E-state index in [4.69, 9.17) is 17.2 Å². The average Bonchev–Trinajstić information content (AvgIpc) is 4.10. The van der Waals surface area contributed by atoms with Gasteiger partial charge in [0.15, 0.2) is 5.96 Å². The molecular formula is C53H74N16O10. The summed E-state index contributed by atoms with van der Waals surface area (Å²) >= 11 is 0. The summed E-state index contributed by atoms with van der Waals surface area (Å²) in [6.07, 6.45) is 5.38. The Morgan fingerprint density at radius 1 is 0.734 bits per heavy atom. The van der Waals surface area contributed by atoms with Crippen LogP contribution >= 0.6 is 0 Å². The fourth-order valence-corrected chi connectivity index (χ4v) is 8.80. The molecule has 0 aliphatic carbocycles. The summed E-state index contributed by atoms with van der Waals surface area (Å²) in [5.74, 6) is -8.13. The first-order valence-electron chi connectivity index (χ1n) is 26.4. The van der Waals surface area contributed by atoms with Crippen LogP contribution in [0, 0.1) is 0 Å². The summed E-state index contributed by atoms with van der Waals surface area (Å²) in [5.41, 5.74) is 19.2. The van der Waals surface area contributed by atoms with Crippen molar-refractivity contribution < 1.29 is 47.9 Å². The van der Waals surface area contributed by atoms with Gasteiger partial charge in [-0.05, 0) is 62.6 Å². The van der Waals surface area contributed by atoms with Crippen LogP contribution in [0.25, 0.3) is 10.9 Å². The highest BCUT2D eigenvalue weighted by atomic mass is 16.2. The molecule has 1 fully saturated rings. The summed E-state index contributed by atoms with van der Waals surface area (Å²) in [6.45, 7) is 4.57. The minimum Gasteiger partial charge on any atom is -0.370 e. The van der Waals surface area contributed by atoms with Crippen molar-refractivity contribution in [1.29, 1.82) is 0 Å². The summed E-state index contributed by atoms with van der Waals surface area (Å²) in [7, 11) is 0. The molecule has 17 N–H and O–H groups in total. The van der Waals surface area contributed by atoms with Crippen LogP contribution in [0.2, 0.25) is 0 Å². The number of primary amides is 1. The molecule has 2 aromatic heterocycles. The summed E-state index contributed by atoms with van der Waals surface area (Å²) < 4.78 is 0. The Hall–Kier alpha value is -8.84. The van der Waals surface area contributed by atoms with Gasteiger partial charge in [0.05, 0.1) is 12.7 Å². The van der Waals surface area contributed by atoms with Crippen molar-refractivity contribution in [2.75, 3.05) is 13.1 Å². The molecule has 8 atom stereocenters. The number of unbranched alkanes of at least 4 members (excludes halogenated alkanes) is 1. The Labute approximate surface area is 456 Å². The minimum absolute atomic E-state index is 0.0222. The largest absolute Gasteiger partial charge is 0.370 e. The predicted octanol–water partition coefficient (Wildman–Crippen LogP) is -1.74. The predicted molar refractivity (Wildman–Crippen MR) is 291 cm³/mol. The number of aromatic amines is 2. The third kappa shape index (κ3) is 19.9. The molecule has 426 valence electrons. The number of para-hydroxylation sites is 1. The second-order valence-corrected chi connectivity index (χ2v) is 19.4. The first-order valence-corrected chi connectivity index (χ1v) is 26.4. The lowest BCUT2D eigenvalue weighted by Gasteiger charge is -2.28. The lowest BCUT2D eigenvalue weighted by molar-refractivity contribution is -0.136. The van der Waals surface area contributed by atoms with Gasteiger partial charge in [-0.3, -0.25) is 52.9 Å². The Bertz CT molecular complexity index is 2760. The normalized spacial score (nSPS) is 22.1. The molecular weight excluding hydrogens is 1020 g/mol. The van der Waals surface area contributed by atoms with E-state index in [2.05, 4.69) is 67.8 Å². The lowest BCUT2D eigenvalue weighted by Crippen LogP contribution is -2.61. The second-order valence-electron chi connectivity index (χ2n) is 19.4. The van der Waals surface area contributed by atoms with Crippen LogP contribution in [0.4, 0.5) is 0 Å². The van der Waals surface area contributed by atoms with Crippen molar-refractivity contribution in [2.45, 2.75) is 146 Å². The van der Waals surface area contributed by atoms with Crippen LogP contribution in [0.3, 0.4) is 0 Å². The van der Waals surface area contributed by atoms with Gasteiger partial charge >= 0.3 is 0 Å². The molecule has 26 nitrogen and oxygen atoms in total. The minimum atomic E-state index is -1.61. The van der Waals surface area contributed by atoms with Gasteiger partial charge in [-0.2, -0.15) is 0 Å². The number of hydrogen-bond donors (Lipinski definition) is 14. The molecule has 3 heterocycles. The van der Waals surface area contributed by atoms with Gasteiger partial charge in [-0.25, -0.2) is 4.98 Å². The number of aromatic nitrogens is 3. The maximum absolute atomic E-state index is 14.8. The molecule has 1 saturated heterocycles. The van der Waals surface area contributed by atoms with Crippen LogP contribution in [0.1, 0.15) is 95.4 Å². The molecule has 4 aromatic rings. The van der Waals surface area contributed by atoms with Crippen LogP contribution in [-0.4, -0.2) is 141 Å². The number of nitrogens with two attached hydrogens (primary N) is 3. The van der Waals surface area contributed by atoms with Gasteiger partial charge in [0.25, 0.3) is 0 Å². The van der Waals surface area contributed by atoms with Gasteiger partial charge in [-0.1, -0.05) is 68.3 Å². The number of hydrogen-bond acceptors (Lipinski definition) is 12. The van der Waals surface area contributed by atoms with Gasteiger partial charge in [0.2, 0.25) is 59.1 Å². The van der Waals surface area contributed by atoms with Crippen LogP contribution < -0.4 is 65.1 Å². The highest BCUT2D eigenvalue weighted by Gasteiger charge is 2.35. The van der Waals surface area contributed by atoms with E-state index in [9.17, 15) is 47.9 Å². The van der Waals surface area contributed by atoms with E-state index in [0.29, 0.717) is 29.7 Å². The third-order valence-electron chi connectivity index (χ3n) is 13.1. The number of rotatable bonds is 17. The fraction of sp³-hybridized carbons (Fsp3) is 0.472. The quantitative estimate of drug-likeness (QED) is 0.0318. The number of amides is 10. The number of benzene rings is 2. The molecule has 0 bridgehead atoms. The highest BCUT2D eigenvalue weighted by molar-refractivity contribution is 5.99. The van der Waals surface area contributed by atoms with Gasteiger partial charge in [-0.15, -0.1) is 0 Å². The van der Waals surface area contributed by atoms with E-state index >= 15 is 0 Å². The van der Waals surface area contributed by atoms with Gasteiger partial charge in [0, 0.05) is 68.3 Å². The Morgan fingerprint density at radius 2 is 1.38 bits per heavy atom. The van der Waals surface area contributed by atoms with Gasteiger partial charge in [0.1, 0.15) is 48.3 Å². The topological polar surface area (TPSA) is 414 Å². The maximum atomic E-state index is 14.8. The van der Waals surface area contributed by atoms with Gasteiger partial charge < -0.3 is 75.0 Å². The molecule has 1 aliphatic heterocycles. The lowest BCUT2D eigenvalue weighted by atomic mass is 10.0. The van der Waals surface area contributed by atoms with E-state index < -0.39 is 114 Å². The monoisotopic (exact) mass is 1090 g/mol. The summed E-state index contributed by atoms with van der Waals surface area (Å²) in [5, 5.41) is 24.8. The standard InChI is InChI=1S/C53H74N16O10/c1-4-5-17-38(63-31(3)70)47(74)69-43-26-44(71)58-21-12-11-19-37(45(54)72)64-46(73)30(2)62-49(76)41(24-33-27-60-36-18-10-9-16-35(33)36)67-48(75)39(20-13-22-59-53(55)56)65-50(77)40(23-32-14-7-6-8-15-32)66-51(78)42(68-52(43)79)25-34-28-57-29-61-34/h6-10,14-16,18,27-30,37-43,60H,4-5,11-13,17,19-26H2,1-3H3,(H2,54,72)(H,57,61)(H,58,71)(H,62,76)(H,63,70)(H,64,73)(H,65,77)(H,66,78)(H,67,75)(H,68,79)(H,69,74)(H4,55,56,59)/t30-,37-,38?,39-,40+,41+,42-,43-/m0/s1. The number of carbonyl (C=O) groups is 10. The maximum Gasteiger partial charge on any atom is 0.243 e. The molecule has 79 heavy (non-hydrogen) atoms. The highest BCUT2D eigenvalue weighted by Crippen LogP contribution is 2.20. The number of fused-ring (bicyclic) bond motifs is 1. The fourth-order valence-electron chi connectivity index (χ4n) is 8.80. The molecule has 5 rings (SSSR count). The summed E-state index contributed by atoms with van der Waals surface area (Å²) in [6, 6.07) is 5.07. The van der Waals surface area contributed by atoms with Crippen LogP contribution in [0.5, 0.6) is 0 Å². The zero-order valence-corrected chi connectivity index (χ0v) is 44.7. The first kappa shape index (κ1) is 61.0. The van der Waals surface area contributed by atoms with Crippen molar-refractivity contribution in [2.24, 2.45) is 22.2 Å². The molecule has 0 radical (unpaired) electrons. The van der Waals surface area contributed by atoms with E-state index in [1.807, 2.05) is 25.1 Å². The summed E-state index contributed by atoms with van der Waals surface area (Å²) in [4.78, 5) is 153. The number of carbonyl (C=O) groups excluding carboxylic acids is 10. The molecule has 1 aliphatic rings. The smallest absolute Gasteiger partial charge is 0.243 e. The van der Waals surface area contributed by atoms with Crippen molar-refractivity contribution in [3.05, 3.63) is 90.1 Å². The zero-order chi connectivity index (χ0) is 57.4. The molecule has 10 amide bonds. The van der Waals surface area contributed by atoms with E-state index in [0.717, 1.165) is 10.9 Å². The van der Waals surface area contributed by atoms with E-state index in [1.165, 1.54) is 26.4 Å². The molecule has 26 heteroatoms. The molecule has 1 unspecified atom stereocenters. The number of nitrogens with one attached hydrogen (secondary N) is 11. The second kappa shape index (κ2) is 30.8. The Balaban J connectivity index is 1.56. The molecule has 0 spiro atoms. The average molecular weight is 1100 g/mol. The number of guanidine groups is 1. The zero-order valence-electron chi connectivity index (χ0n) is 44.7. The number of H-pyrrole nitrogens is 2. The molecule has 0 saturated carbocycles. The van der Waals surface area contributed by atoms with Crippen molar-refractivity contribution >= 4 is 75.9 Å². The van der Waals surface area contributed by atoms with Crippen LogP contribution in [-0.2, 0) is 67.2 Å².